The second kappa shape index (κ2) is 29.6. The Bertz CT molecular complexity index is 960. The van der Waals surface area contributed by atoms with E-state index in [1.807, 2.05) is 13.8 Å². The Labute approximate surface area is 349 Å². The SMILES string of the molecule is C1CCOC1.Cc1cnc(Cl)nc1Cl.Cc1cnc(Cl)nc1NC[C@H]1CCCO1.NC[C@@H]1C[CH+]CO1.O=CO[O-].[H-].[K+].[K+]. The summed E-state index contributed by atoms with van der Waals surface area (Å²) < 4.78 is 15.6. The largest absolute Gasteiger partial charge is 1.00 e. The molecule has 3 fully saturated rings. The Morgan fingerprint density at radius 2 is 1.67 bits per heavy atom. The molecule has 0 amide bonds. The van der Waals surface area contributed by atoms with Gasteiger partial charge in [0.15, 0.2) is 6.61 Å². The van der Waals surface area contributed by atoms with Gasteiger partial charge in [-0.05, 0) is 62.7 Å². The maximum atomic E-state index is 8.64. The van der Waals surface area contributed by atoms with E-state index in [0.29, 0.717) is 23.9 Å². The van der Waals surface area contributed by atoms with Gasteiger partial charge in [-0.15, -0.1) is 0 Å². The first-order valence-electron chi connectivity index (χ1n) is 12.7. The van der Waals surface area contributed by atoms with Crippen molar-refractivity contribution in [1.29, 1.82) is 0 Å². The Morgan fingerprint density at radius 1 is 1.05 bits per heavy atom. The van der Waals surface area contributed by atoms with E-state index in [4.69, 9.17) is 64.8 Å². The summed E-state index contributed by atoms with van der Waals surface area (Å²) in [5, 5.41) is 12.5. The smallest absolute Gasteiger partial charge is 1.00 e. The number of carbonyl (C=O) groups excluding carboxylic acids is 1. The standard InChI is InChI=1S/C10H14ClN3O.C5H4Cl2N2.C5H10NO.C4H8O.CH2O3.2K.H/c1-7-5-13-10(11)14-9(7)12-6-8-3-2-4-15-8;1-3-2-8-5(7)9-4(3)6;6-4-5-2-1-3-7-5;1-2-4-5-3-1;2-1-4-3;;;/h5,8H,2-4,6H2,1H3,(H,12,13,14);2H,1H3;1,5H,2-4,6H2;1-4H2;1,3H;;;/q;;+1;;;2*+1;-1/p-1/t8-;;5-;;;;;/m1.0...../s1. The van der Waals surface area contributed by atoms with Gasteiger partial charge in [0.2, 0.25) is 10.6 Å². The van der Waals surface area contributed by atoms with Crippen molar-refractivity contribution in [1.82, 2.24) is 19.9 Å². The molecule has 17 heteroatoms. The summed E-state index contributed by atoms with van der Waals surface area (Å²) in [6, 6.07) is 0. The molecule has 12 nitrogen and oxygen atoms in total. The second-order valence-electron chi connectivity index (χ2n) is 8.53. The average Bonchev–Trinajstić information content (AvgIpc) is 3.78. The van der Waals surface area contributed by atoms with E-state index in [2.05, 4.69) is 36.6 Å². The zero-order chi connectivity index (χ0) is 29.6. The number of rotatable bonds is 5. The van der Waals surface area contributed by atoms with Crippen LogP contribution < -0.4 is 119 Å². The van der Waals surface area contributed by atoms with Gasteiger partial charge in [-0.3, -0.25) is 4.79 Å². The predicted octanol–water partition coefficient (Wildman–Crippen LogP) is -2.59. The van der Waals surface area contributed by atoms with Crippen LogP contribution in [0, 0.1) is 20.3 Å². The number of hydrogen-bond donors (Lipinski definition) is 2. The third kappa shape index (κ3) is 22.7. The van der Waals surface area contributed by atoms with Crippen LogP contribution in [-0.2, 0) is 23.9 Å². The van der Waals surface area contributed by atoms with E-state index >= 15 is 0 Å². The van der Waals surface area contributed by atoms with Crippen molar-refractivity contribution >= 4 is 47.1 Å². The van der Waals surface area contributed by atoms with Crippen molar-refractivity contribution in [2.24, 2.45) is 5.73 Å². The molecule has 0 bridgehead atoms. The van der Waals surface area contributed by atoms with Crippen LogP contribution in [0.5, 0.6) is 0 Å². The van der Waals surface area contributed by atoms with Crippen molar-refractivity contribution < 1.29 is 133 Å². The maximum absolute atomic E-state index is 8.64. The van der Waals surface area contributed by atoms with Crippen molar-refractivity contribution in [2.45, 2.75) is 58.2 Å². The summed E-state index contributed by atoms with van der Waals surface area (Å²) in [6.07, 6.45) is 11.9. The minimum atomic E-state index is -0.181. The fourth-order valence-electron chi connectivity index (χ4n) is 3.22. The van der Waals surface area contributed by atoms with Crippen molar-refractivity contribution in [3.05, 3.63) is 45.7 Å². The Hall–Kier alpha value is 1.24. The van der Waals surface area contributed by atoms with Crippen LogP contribution in [-0.4, -0.2) is 78.1 Å². The first-order valence-corrected chi connectivity index (χ1v) is 13.9. The van der Waals surface area contributed by atoms with Gasteiger partial charge in [0.25, 0.3) is 6.47 Å². The van der Waals surface area contributed by atoms with Gasteiger partial charge >= 0.3 is 103 Å². The van der Waals surface area contributed by atoms with Gasteiger partial charge < -0.3 is 36.8 Å². The topological polar surface area (TPSA) is 167 Å². The third-order valence-electron chi connectivity index (χ3n) is 5.35. The van der Waals surface area contributed by atoms with Gasteiger partial charge in [-0.25, -0.2) is 19.9 Å². The van der Waals surface area contributed by atoms with E-state index in [1.165, 1.54) is 12.8 Å². The fraction of sp³-hybridized carbons (Fsp3) is 0.600. The van der Waals surface area contributed by atoms with Gasteiger partial charge in [0.1, 0.15) is 29.9 Å². The van der Waals surface area contributed by atoms with Crippen LogP contribution in [0.25, 0.3) is 0 Å². The van der Waals surface area contributed by atoms with Crippen LogP contribution in [0.1, 0.15) is 44.7 Å². The Balaban J connectivity index is -0.000000496. The monoisotopic (exact) mass is 701 g/mol. The molecule has 2 aromatic heterocycles. The second-order valence-corrected chi connectivity index (χ2v) is 9.56. The van der Waals surface area contributed by atoms with Crippen molar-refractivity contribution in [3.8, 4) is 0 Å². The molecule has 3 saturated heterocycles. The summed E-state index contributed by atoms with van der Waals surface area (Å²) in [7, 11) is 0. The molecule has 3 aliphatic heterocycles. The van der Waals surface area contributed by atoms with Crippen LogP contribution in [0.2, 0.25) is 15.7 Å². The normalized spacial score (nSPS) is 17.8. The fourth-order valence-corrected chi connectivity index (χ4v) is 3.66. The summed E-state index contributed by atoms with van der Waals surface area (Å²) in [5.74, 6) is 0.797. The number of hydrogen-bond acceptors (Lipinski definition) is 12. The van der Waals surface area contributed by atoms with Gasteiger partial charge in [0, 0.05) is 56.4 Å². The molecule has 42 heavy (non-hydrogen) atoms. The van der Waals surface area contributed by atoms with Crippen LogP contribution in [0.3, 0.4) is 0 Å². The number of nitrogens with two attached hydrogens (primary N) is 1. The van der Waals surface area contributed by atoms with Gasteiger partial charge in [-0.2, -0.15) is 0 Å². The summed E-state index contributed by atoms with van der Waals surface area (Å²) in [4.78, 5) is 26.7. The van der Waals surface area contributed by atoms with E-state index in [9.17, 15) is 0 Å². The van der Waals surface area contributed by atoms with Gasteiger partial charge in [0.05, 0.1) is 6.10 Å². The Kier molecular flexibility index (Phi) is 32.0. The summed E-state index contributed by atoms with van der Waals surface area (Å²) in [5.41, 5.74) is 7.12. The van der Waals surface area contributed by atoms with Crippen LogP contribution in [0.15, 0.2) is 12.4 Å². The first kappa shape index (κ1) is 45.4. The summed E-state index contributed by atoms with van der Waals surface area (Å²) >= 11 is 16.7. The molecule has 2 atom stereocenters. The van der Waals surface area contributed by atoms with E-state index in [1.54, 1.807) is 12.4 Å². The molecule has 226 valence electrons. The van der Waals surface area contributed by atoms with Crippen LogP contribution >= 0.6 is 34.8 Å². The number of aromatic nitrogens is 4. The number of nitrogens with zero attached hydrogens (tertiary/aromatic N) is 4. The van der Waals surface area contributed by atoms with Crippen molar-refractivity contribution in [2.75, 3.05) is 44.8 Å². The van der Waals surface area contributed by atoms with Crippen LogP contribution in [0.4, 0.5) is 5.82 Å². The number of carbonyl (C=O) groups is 1. The minimum Gasteiger partial charge on any atom is -1.00 e. The predicted molar refractivity (Wildman–Crippen MR) is 152 cm³/mol. The number of ether oxygens (including phenoxy) is 3. The zero-order valence-corrected chi connectivity index (χ0v) is 33.2. The molecular weight excluding hydrogens is 665 g/mol. The molecule has 0 aromatic carbocycles. The number of nitrogens with one attached hydrogen (secondary N) is 1. The van der Waals surface area contributed by atoms with E-state index in [-0.39, 0.29) is 121 Å². The van der Waals surface area contributed by atoms with E-state index in [0.717, 1.165) is 69.2 Å². The number of aryl methyl sites for hydroxylation is 2. The third-order valence-corrected chi connectivity index (χ3v) is 6.10. The average molecular weight is 703 g/mol. The summed E-state index contributed by atoms with van der Waals surface area (Å²) in [6.45, 7) is 8.70. The molecule has 3 N–H and O–H groups in total. The zero-order valence-electron chi connectivity index (χ0n) is 25.7. The molecule has 0 spiro atoms. The first-order chi connectivity index (χ1) is 19.3. The molecule has 0 radical (unpaired) electrons. The quantitative estimate of drug-likeness (QED) is 0.0636. The molecule has 0 saturated carbocycles. The maximum Gasteiger partial charge on any atom is 1.00 e. The van der Waals surface area contributed by atoms with E-state index < -0.39 is 0 Å². The minimum absolute atomic E-state index is 0. The molecule has 5 rings (SSSR count). The molecular formula is C25H38Cl3K2N6O6+. The molecule has 5 heterocycles. The Morgan fingerprint density at radius 3 is 2.07 bits per heavy atom. The molecule has 0 aliphatic carbocycles. The number of anilines is 1. The molecule has 3 aliphatic rings. The molecule has 0 unspecified atom stereocenters. The van der Waals surface area contributed by atoms with Gasteiger partial charge in [-0.1, -0.05) is 11.6 Å². The number of halogens is 3. The molecule has 2 aromatic rings. The van der Waals surface area contributed by atoms with Crippen molar-refractivity contribution in [3.63, 3.8) is 0 Å².